The molecule has 0 radical (unpaired) electrons. The van der Waals surface area contributed by atoms with Crippen LogP contribution < -0.4 is 0 Å². The molecule has 0 aliphatic carbocycles. The molecule has 0 amide bonds. The Labute approximate surface area is 117 Å². The minimum absolute atomic E-state index is 0.826. The summed E-state index contributed by atoms with van der Waals surface area (Å²) in [4.78, 5) is 0. The topological polar surface area (TPSA) is 13.1 Å². The highest BCUT2D eigenvalue weighted by atomic mass is 32.1. The van der Waals surface area contributed by atoms with Crippen molar-refractivity contribution in [3.63, 3.8) is 0 Å². The van der Waals surface area contributed by atoms with Gasteiger partial charge < -0.3 is 4.42 Å². The Hall–Kier alpha value is -1.93. The van der Waals surface area contributed by atoms with Gasteiger partial charge in [0.1, 0.15) is 11.3 Å². The normalized spacial score (nSPS) is 10.8. The molecule has 0 spiro atoms. The first kappa shape index (κ1) is 12.1. The lowest BCUT2D eigenvalue weighted by Crippen LogP contribution is -1.86. The molecule has 0 bridgehead atoms. The van der Waals surface area contributed by atoms with E-state index in [9.17, 15) is 0 Å². The van der Waals surface area contributed by atoms with Crippen LogP contribution in [0.15, 0.2) is 52.9 Å². The van der Waals surface area contributed by atoms with Gasteiger partial charge in [-0.1, -0.05) is 54.7 Å². The van der Waals surface area contributed by atoms with Crippen LogP contribution in [0.1, 0.15) is 11.1 Å². The van der Waals surface area contributed by atoms with Crippen LogP contribution in [0, 0.1) is 18.4 Å². The van der Waals surface area contributed by atoms with E-state index in [-0.39, 0.29) is 0 Å². The fourth-order valence-corrected chi connectivity index (χ4v) is 2.66. The van der Waals surface area contributed by atoms with Crippen LogP contribution in [0.3, 0.4) is 0 Å². The summed E-state index contributed by atoms with van der Waals surface area (Å²) in [5.74, 6) is 0.826. The molecular formula is C17H14OS. The first-order valence-electron chi connectivity index (χ1n) is 6.26. The number of hydrogen-bond donors (Lipinski definition) is 0. The molecule has 2 heteroatoms. The van der Waals surface area contributed by atoms with Crippen LogP contribution >= 0.6 is 12.2 Å². The van der Waals surface area contributed by atoms with Crippen LogP contribution in [-0.2, 0) is 0 Å². The number of rotatable bonds is 1. The van der Waals surface area contributed by atoms with Gasteiger partial charge in [0.2, 0.25) is 0 Å². The van der Waals surface area contributed by atoms with Gasteiger partial charge in [-0.2, -0.15) is 0 Å². The van der Waals surface area contributed by atoms with Crippen LogP contribution in [0.5, 0.6) is 0 Å². The Kier molecular flexibility index (Phi) is 2.96. The minimum Gasteiger partial charge on any atom is -0.456 e. The third-order valence-electron chi connectivity index (χ3n) is 3.34. The van der Waals surface area contributed by atoms with Crippen molar-refractivity contribution in [1.29, 1.82) is 0 Å². The first-order valence-corrected chi connectivity index (χ1v) is 6.67. The Bertz CT molecular complexity index is 801. The van der Waals surface area contributed by atoms with E-state index in [4.69, 9.17) is 16.6 Å². The van der Waals surface area contributed by atoms with Gasteiger partial charge in [0.15, 0.2) is 0 Å². The van der Waals surface area contributed by atoms with Gasteiger partial charge in [-0.15, -0.1) is 0 Å². The van der Waals surface area contributed by atoms with Crippen molar-refractivity contribution in [3.8, 4) is 11.3 Å². The minimum atomic E-state index is 0.826. The van der Waals surface area contributed by atoms with E-state index in [1.54, 1.807) is 0 Å². The molecule has 0 aliphatic rings. The fourth-order valence-electron chi connectivity index (χ4n) is 2.30. The third-order valence-corrected chi connectivity index (χ3v) is 3.66. The summed E-state index contributed by atoms with van der Waals surface area (Å²) >= 11 is 5.53. The molecule has 1 aromatic heterocycles. The lowest BCUT2D eigenvalue weighted by atomic mass is 10.1. The van der Waals surface area contributed by atoms with Crippen LogP contribution in [-0.4, -0.2) is 0 Å². The van der Waals surface area contributed by atoms with E-state index < -0.39 is 0 Å². The van der Waals surface area contributed by atoms with E-state index >= 15 is 0 Å². The quantitative estimate of drug-likeness (QED) is 0.543. The van der Waals surface area contributed by atoms with Crippen molar-refractivity contribution in [2.45, 2.75) is 13.8 Å². The van der Waals surface area contributed by atoms with E-state index in [2.05, 4.69) is 26.0 Å². The monoisotopic (exact) mass is 266 g/mol. The maximum absolute atomic E-state index is 6.07. The summed E-state index contributed by atoms with van der Waals surface area (Å²) in [6, 6.07) is 16.2. The molecule has 3 aromatic rings. The molecule has 0 aliphatic heterocycles. The lowest BCUT2D eigenvalue weighted by molar-refractivity contribution is 0.616. The van der Waals surface area contributed by atoms with Crippen molar-refractivity contribution in [2.24, 2.45) is 0 Å². The maximum atomic E-state index is 6.07. The van der Waals surface area contributed by atoms with E-state index in [1.165, 1.54) is 0 Å². The summed E-state index contributed by atoms with van der Waals surface area (Å²) in [7, 11) is 0. The lowest BCUT2D eigenvalue weighted by Gasteiger charge is -2.08. The molecule has 0 saturated heterocycles. The van der Waals surface area contributed by atoms with Gasteiger partial charge in [-0.3, -0.25) is 0 Å². The number of aryl methyl sites for hydroxylation is 2. The number of hydrogen-bond acceptors (Lipinski definition) is 2. The third kappa shape index (κ3) is 2.08. The van der Waals surface area contributed by atoms with Gasteiger partial charge in [-0.25, -0.2) is 0 Å². The molecule has 0 fully saturated rings. The maximum Gasteiger partial charge on any atom is 0.139 e. The average Bonchev–Trinajstić information content (AvgIpc) is 2.43. The van der Waals surface area contributed by atoms with Crippen LogP contribution in [0.25, 0.3) is 22.3 Å². The second-order valence-corrected chi connectivity index (χ2v) is 5.18. The Morgan fingerprint density at radius 2 is 1.58 bits per heavy atom. The highest BCUT2D eigenvalue weighted by molar-refractivity contribution is 7.71. The van der Waals surface area contributed by atoms with Crippen molar-refractivity contribution >= 4 is 23.2 Å². The molecule has 19 heavy (non-hydrogen) atoms. The highest BCUT2D eigenvalue weighted by Crippen LogP contribution is 2.29. The Morgan fingerprint density at radius 1 is 0.895 bits per heavy atom. The molecule has 0 unspecified atom stereocenters. The van der Waals surface area contributed by atoms with Crippen molar-refractivity contribution in [1.82, 2.24) is 0 Å². The van der Waals surface area contributed by atoms with E-state index in [1.807, 2.05) is 36.4 Å². The zero-order valence-electron chi connectivity index (χ0n) is 10.9. The molecule has 1 heterocycles. The molecule has 1 nitrogen and oxygen atoms in total. The van der Waals surface area contributed by atoms with Gasteiger partial charge in [0.05, 0.1) is 4.51 Å². The van der Waals surface area contributed by atoms with Crippen molar-refractivity contribution < 1.29 is 4.42 Å². The average molecular weight is 266 g/mol. The van der Waals surface area contributed by atoms with Crippen molar-refractivity contribution in [3.05, 3.63) is 64.2 Å². The smallest absolute Gasteiger partial charge is 0.139 e. The Morgan fingerprint density at radius 3 is 2.32 bits per heavy atom. The zero-order chi connectivity index (χ0) is 13.4. The summed E-state index contributed by atoms with van der Waals surface area (Å²) in [5.41, 5.74) is 4.22. The second kappa shape index (κ2) is 4.63. The summed E-state index contributed by atoms with van der Waals surface area (Å²) in [6.07, 6.45) is 0. The molecular weight excluding hydrogens is 252 g/mol. The Balaban J connectivity index is 2.38. The van der Waals surface area contributed by atoms with Gasteiger partial charge in [0.25, 0.3) is 0 Å². The molecule has 0 saturated carbocycles. The van der Waals surface area contributed by atoms with E-state index in [0.29, 0.717) is 0 Å². The van der Waals surface area contributed by atoms with Crippen LogP contribution in [0.2, 0.25) is 0 Å². The first-order chi connectivity index (χ1) is 9.16. The molecule has 3 rings (SSSR count). The zero-order valence-corrected chi connectivity index (χ0v) is 11.8. The summed E-state index contributed by atoms with van der Waals surface area (Å²) in [5, 5.41) is 1.05. The predicted octanol–water partition coefficient (Wildman–Crippen LogP) is 5.45. The summed E-state index contributed by atoms with van der Waals surface area (Å²) in [6.45, 7) is 4.12. The molecule has 0 N–H and O–H groups in total. The predicted molar refractivity (Wildman–Crippen MR) is 82.0 cm³/mol. The molecule has 2 aromatic carbocycles. The van der Waals surface area contributed by atoms with E-state index in [0.717, 1.165) is 37.9 Å². The second-order valence-electron chi connectivity index (χ2n) is 4.74. The highest BCUT2D eigenvalue weighted by Gasteiger charge is 2.08. The molecule has 0 atom stereocenters. The molecule has 94 valence electrons. The standard InChI is InChI=1S/C17H14OS/c1-11-8-9-12(2)17-16(11)15(19)10-14(18-17)13-6-4-3-5-7-13/h3-10H,1-2H3. The SMILES string of the molecule is Cc1ccc(C)c2c(=S)cc(-c3ccccc3)oc12. The van der Waals surface area contributed by atoms with Gasteiger partial charge in [-0.05, 0) is 25.0 Å². The largest absolute Gasteiger partial charge is 0.456 e. The number of benzene rings is 2. The van der Waals surface area contributed by atoms with Crippen molar-refractivity contribution in [2.75, 3.05) is 0 Å². The van der Waals surface area contributed by atoms with Crippen LogP contribution in [0.4, 0.5) is 0 Å². The fraction of sp³-hybridized carbons (Fsp3) is 0.118. The van der Waals surface area contributed by atoms with Gasteiger partial charge >= 0.3 is 0 Å². The number of fused-ring (bicyclic) bond motifs is 1. The summed E-state index contributed by atoms with van der Waals surface area (Å²) < 4.78 is 6.92. The van der Waals surface area contributed by atoms with Gasteiger partial charge in [0, 0.05) is 17.0 Å².